The molecule has 3 nitrogen and oxygen atoms in total. The molecule has 0 heterocycles. The molecule has 4 heteroatoms. The lowest BCUT2D eigenvalue weighted by Gasteiger charge is -2.39. The maximum absolute atomic E-state index is 13.3. The second-order valence-electron chi connectivity index (χ2n) is 6.90. The minimum absolute atomic E-state index is 0. The van der Waals surface area contributed by atoms with Gasteiger partial charge in [0.25, 0.3) is 0 Å². The van der Waals surface area contributed by atoms with E-state index in [4.69, 9.17) is 0 Å². The fourth-order valence-corrected chi connectivity index (χ4v) is 3.69. The van der Waals surface area contributed by atoms with Crippen molar-refractivity contribution in [2.45, 2.75) is 47.1 Å². The van der Waals surface area contributed by atoms with Crippen molar-refractivity contribution >= 4 is 11.7 Å². The summed E-state index contributed by atoms with van der Waals surface area (Å²) in [5.41, 5.74) is 4.44. The highest BCUT2D eigenvalue weighted by atomic mass is 79.9. The fourth-order valence-electron chi connectivity index (χ4n) is 3.69. The molecule has 2 aromatic rings. The van der Waals surface area contributed by atoms with Crippen LogP contribution in [0, 0.1) is 13.8 Å². The molecular weight excluding hydrogens is 388 g/mol. The standard InChI is InChI=1S/C22H30N2O.BrH/c1-6-24(7-2,19(5)16-20-14-9-8-10-15-20)22(25)23-21-17(3)12-11-13-18(21)4;/h8-15,19H,6-7,16H2,1-5H3;1H. The van der Waals surface area contributed by atoms with Crippen molar-refractivity contribution in [1.82, 2.24) is 0 Å². The molecule has 0 fully saturated rings. The summed E-state index contributed by atoms with van der Waals surface area (Å²) in [6.45, 7) is 12.0. The Morgan fingerprint density at radius 2 is 1.50 bits per heavy atom. The number of urea groups is 1. The number of amides is 2. The molecule has 0 aliphatic rings. The summed E-state index contributed by atoms with van der Waals surface area (Å²) in [4.78, 5) is 13.3. The predicted molar refractivity (Wildman–Crippen MR) is 106 cm³/mol. The van der Waals surface area contributed by atoms with E-state index >= 15 is 0 Å². The number of para-hydroxylation sites is 1. The van der Waals surface area contributed by atoms with Gasteiger partial charge in [0.15, 0.2) is 0 Å². The van der Waals surface area contributed by atoms with Crippen LogP contribution in [0.4, 0.5) is 10.5 Å². The van der Waals surface area contributed by atoms with Crippen LogP contribution in [0.15, 0.2) is 48.5 Å². The molecule has 2 rings (SSSR count). The molecule has 2 aromatic carbocycles. The Balaban J connectivity index is 0.00000338. The maximum atomic E-state index is 13.3. The van der Waals surface area contributed by atoms with E-state index in [0.717, 1.165) is 36.3 Å². The Morgan fingerprint density at radius 1 is 0.962 bits per heavy atom. The second kappa shape index (κ2) is 9.89. The van der Waals surface area contributed by atoms with Gasteiger partial charge in [0.2, 0.25) is 0 Å². The molecule has 0 bridgehead atoms. The van der Waals surface area contributed by atoms with Crippen LogP contribution in [0.2, 0.25) is 0 Å². The fraction of sp³-hybridized carbons (Fsp3) is 0.409. The van der Waals surface area contributed by atoms with Crippen LogP contribution in [0.1, 0.15) is 37.5 Å². The van der Waals surface area contributed by atoms with E-state index in [-0.39, 0.29) is 29.1 Å². The molecule has 0 saturated heterocycles. The number of benzene rings is 2. The van der Waals surface area contributed by atoms with Crippen molar-refractivity contribution in [3.8, 4) is 0 Å². The highest BCUT2D eigenvalue weighted by molar-refractivity contribution is 5.86. The lowest BCUT2D eigenvalue weighted by atomic mass is 10.0. The Bertz CT molecular complexity index is 691. The van der Waals surface area contributed by atoms with Gasteiger partial charge in [-0.1, -0.05) is 48.5 Å². The van der Waals surface area contributed by atoms with Crippen molar-refractivity contribution in [1.29, 1.82) is 0 Å². The molecule has 26 heavy (non-hydrogen) atoms. The van der Waals surface area contributed by atoms with Crippen LogP contribution in [-0.2, 0) is 6.42 Å². The third kappa shape index (κ3) is 4.74. The normalized spacial score (nSPS) is 12.2. The first-order chi connectivity index (χ1) is 11.9. The summed E-state index contributed by atoms with van der Waals surface area (Å²) >= 11 is 0. The molecule has 1 unspecified atom stereocenters. The molecule has 0 spiro atoms. The molecule has 1 N–H and O–H groups in total. The van der Waals surface area contributed by atoms with Gasteiger partial charge in [0.1, 0.15) is 0 Å². The van der Waals surface area contributed by atoms with Crippen molar-refractivity contribution in [3.05, 3.63) is 65.2 Å². The number of hydrogen-bond acceptors (Lipinski definition) is 1. The van der Waals surface area contributed by atoms with Gasteiger partial charge in [0, 0.05) is 6.42 Å². The largest absolute Gasteiger partial charge is 1.00 e. The van der Waals surface area contributed by atoms with Crippen molar-refractivity contribution in [2.75, 3.05) is 18.4 Å². The third-order valence-electron chi connectivity index (χ3n) is 5.46. The number of quaternary nitrogens is 1. The zero-order valence-electron chi connectivity index (χ0n) is 16.6. The number of nitrogens with zero attached hydrogens (tertiary/aromatic N) is 1. The summed E-state index contributed by atoms with van der Waals surface area (Å²) < 4.78 is 0.433. The van der Waals surface area contributed by atoms with E-state index in [9.17, 15) is 4.79 Å². The van der Waals surface area contributed by atoms with Crippen molar-refractivity contribution in [2.24, 2.45) is 0 Å². The quantitative estimate of drug-likeness (QED) is 0.716. The van der Waals surface area contributed by atoms with E-state index in [1.54, 1.807) is 0 Å². The van der Waals surface area contributed by atoms with Crippen LogP contribution in [0.3, 0.4) is 0 Å². The van der Waals surface area contributed by atoms with Crippen LogP contribution in [0.5, 0.6) is 0 Å². The number of carbonyl (C=O) groups excluding carboxylic acids is 1. The number of hydrogen-bond donors (Lipinski definition) is 1. The summed E-state index contributed by atoms with van der Waals surface area (Å²) in [5, 5.41) is 3.22. The first-order valence-electron chi connectivity index (χ1n) is 9.23. The molecule has 0 aliphatic heterocycles. The maximum Gasteiger partial charge on any atom is 0.421 e. The Morgan fingerprint density at radius 3 is 2.00 bits per heavy atom. The van der Waals surface area contributed by atoms with Crippen LogP contribution in [-0.4, -0.2) is 29.6 Å². The van der Waals surface area contributed by atoms with Gasteiger partial charge in [-0.15, -0.1) is 0 Å². The Kier molecular flexibility index (Phi) is 8.51. The van der Waals surface area contributed by atoms with Gasteiger partial charge in [-0.25, -0.2) is 9.28 Å². The molecule has 0 radical (unpaired) electrons. The van der Waals surface area contributed by atoms with E-state index in [1.165, 1.54) is 5.56 Å². The SMILES string of the molecule is CC[N+](CC)(C(=O)Nc1c(C)cccc1C)C(C)Cc1ccccc1.[Br-]. The van der Waals surface area contributed by atoms with Crippen LogP contribution >= 0.6 is 0 Å². The number of nitrogens with one attached hydrogen (secondary N) is 1. The van der Waals surface area contributed by atoms with Gasteiger partial charge < -0.3 is 17.0 Å². The summed E-state index contributed by atoms with van der Waals surface area (Å²) in [6.07, 6.45) is 0.892. The van der Waals surface area contributed by atoms with Gasteiger partial charge in [-0.05, 0) is 51.3 Å². The molecule has 0 aromatic heterocycles. The molecule has 1 atom stereocenters. The zero-order valence-corrected chi connectivity index (χ0v) is 18.1. The number of aryl methyl sites for hydroxylation is 2. The first-order valence-corrected chi connectivity index (χ1v) is 9.23. The molecular formula is C22H31BrN2O. The topological polar surface area (TPSA) is 29.1 Å². The van der Waals surface area contributed by atoms with Crippen molar-refractivity contribution < 1.29 is 26.3 Å². The summed E-state index contributed by atoms with van der Waals surface area (Å²) in [5.74, 6) is 0. The Labute approximate surface area is 168 Å². The summed E-state index contributed by atoms with van der Waals surface area (Å²) in [6, 6.07) is 16.8. The Hall–Kier alpha value is -1.65. The van der Waals surface area contributed by atoms with Gasteiger partial charge in [0.05, 0.1) is 24.8 Å². The van der Waals surface area contributed by atoms with E-state index in [0.29, 0.717) is 4.48 Å². The van der Waals surface area contributed by atoms with Gasteiger partial charge in [-0.2, -0.15) is 0 Å². The van der Waals surface area contributed by atoms with Crippen LogP contribution in [0.25, 0.3) is 0 Å². The molecule has 0 aliphatic carbocycles. The van der Waals surface area contributed by atoms with E-state index in [1.807, 2.05) is 38.1 Å². The van der Waals surface area contributed by atoms with Gasteiger partial charge in [-0.3, -0.25) is 5.32 Å². The zero-order chi connectivity index (χ0) is 18.4. The molecule has 142 valence electrons. The minimum Gasteiger partial charge on any atom is -1.00 e. The summed E-state index contributed by atoms with van der Waals surface area (Å²) in [7, 11) is 0. The lowest BCUT2D eigenvalue weighted by Crippen LogP contribution is -3.00. The van der Waals surface area contributed by atoms with E-state index in [2.05, 4.69) is 50.4 Å². The average molecular weight is 419 g/mol. The number of rotatable bonds is 6. The van der Waals surface area contributed by atoms with Crippen LogP contribution < -0.4 is 22.3 Å². The van der Waals surface area contributed by atoms with Crippen molar-refractivity contribution in [3.63, 3.8) is 0 Å². The third-order valence-corrected chi connectivity index (χ3v) is 5.46. The van der Waals surface area contributed by atoms with E-state index < -0.39 is 0 Å². The first kappa shape index (κ1) is 22.4. The second-order valence-corrected chi connectivity index (χ2v) is 6.90. The highest BCUT2D eigenvalue weighted by Crippen LogP contribution is 2.24. The number of carbonyl (C=O) groups is 1. The minimum atomic E-state index is 0. The number of likely N-dealkylation sites (N-methyl/N-ethyl adjacent to an activating group) is 1. The number of anilines is 1. The monoisotopic (exact) mass is 418 g/mol. The lowest BCUT2D eigenvalue weighted by molar-refractivity contribution is -0.868. The highest BCUT2D eigenvalue weighted by Gasteiger charge is 2.39. The molecule has 2 amide bonds. The van der Waals surface area contributed by atoms with Gasteiger partial charge >= 0.3 is 6.03 Å². The predicted octanol–water partition coefficient (Wildman–Crippen LogP) is 2.33. The average Bonchev–Trinajstić information content (AvgIpc) is 2.61. The molecule has 0 saturated carbocycles. The smallest absolute Gasteiger partial charge is 0.421 e. The number of halogens is 1.